The second-order valence-corrected chi connectivity index (χ2v) is 0.766. The molecule has 0 fully saturated rings. The summed E-state index contributed by atoms with van der Waals surface area (Å²) >= 11 is 0. The quantitative estimate of drug-likeness (QED) is 0.472. The first-order chi connectivity index (χ1) is 2.50. The van der Waals surface area contributed by atoms with Crippen LogP contribution in [0, 0.1) is 0 Å². The number of nitrogens with one attached hydrogen (secondary N) is 1. The highest BCUT2D eigenvalue weighted by Crippen LogP contribution is 1.64. The SMILES string of the molecule is [H+].c1cn[nH]c1. The third-order valence-corrected chi connectivity index (χ3v) is 0.406. The second-order valence-electron chi connectivity index (χ2n) is 0.766. The fourth-order valence-corrected chi connectivity index (χ4v) is 0.215. The van der Waals surface area contributed by atoms with Gasteiger partial charge in [0.25, 0.3) is 0 Å². The van der Waals surface area contributed by atoms with Crippen LogP contribution in [0.2, 0.25) is 0 Å². The molecule has 0 saturated heterocycles. The molecular weight excluding hydrogens is 64.0 g/mol. The smallest absolute Gasteiger partial charge is 0.286 e. The molecule has 0 unspecified atom stereocenters. The first-order valence-corrected chi connectivity index (χ1v) is 1.44. The Morgan fingerprint density at radius 2 is 2.80 bits per heavy atom. The Morgan fingerprint density at radius 1 is 1.80 bits per heavy atom. The molecule has 0 aliphatic heterocycles. The van der Waals surface area contributed by atoms with E-state index in [-0.39, 0.29) is 1.43 Å². The molecule has 1 heterocycles. The lowest BCUT2D eigenvalue weighted by molar-refractivity contribution is 1.09. The Labute approximate surface area is 31.3 Å². The topological polar surface area (TPSA) is 28.7 Å². The molecule has 1 aromatic heterocycles. The molecule has 0 atom stereocenters. The summed E-state index contributed by atoms with van der Waals surface area (Å²) in [5, 5.41) is 6.21. The van der Waals surface area contributed by atoms with Crippen molar-refractivity contribution in [3.05, 3.63) is 18.5 Å². The maximum absolute atomic E-state index is 3.60. The summed E-state index contributed by atoms with van der Waals surface area (Å²) in [5.74, 6) is 0. The Kier molecular flexibility index (Phi) is 0.433. The summed E-state index contributed by atoms with van der Waals surface area (Å²) in [7, 11) is 0. The standard InChI is InChI=1S/C3H4N2/c1-2-4-5-3-1/h1-3H,(H,4,5)/p+1. The number of rotatable bonds is 0. The van der Waals surface area contributed by atoms with Gasteiger partial charge in [0.2, 0.25) is 0 Å². The molecule has 0 aliphatic carbocycles. The normalized spacial score (nSPS) is 8.00. The summed E-state index contributed by atoms with van der Waals surface area (Å²) < 4.78 is 0. The highest BCUT2D eigenvalue weighted by atomic mass is 15.1. The van der Waals surface area contributed by atoms with Gasteiger partial charge in [-0.25, -0.2) is 0 Å². The molecule has 5 heavy (non-hydrogen) atoms. The minimum atomic E-state index is 0. The highest BCUT2D eigenvalue weighted by Gasteiger charge is 1.56. The zero-order chi connectivity index (χ0) is 3.54. The number of hydrogen-bond donors (Lipinski definition) is 1. The van der Waals surface area contributed by atoms with Crippen LogP contribution in [-0.2, 0) is 0 Å². The van der Waals surface area contributed by atoms with Crippen molar-refractivity contribution in [2.45, 2.75) is 0 Å². The van der Waals surface area contributed by atoms with Crippen LogP contribution in [0.15, 0.2) is 18.5 Å². The van der Waals surface area contributed by atoms with Crippen LogP contribution in [0.1, 0.15) is 1.43 Å². The number of H-pyrrole nitrogens is 1. The summed E-state index contributed by atoms with van der Waals surface area (Å²) in [6.07, 6.45) is 3.46. The molecule has 2 heteroatoms. The van der Waals surface area contributed by atoms with Gasteiger partial charge in [0, 0.05) is 12.4 Å². The van der Waals surface area contributed by atoms with Gasteiger partial charge in [-0.1, -0.05) is 0 Å². The van der Waals surface area contributed by atoms with Crippen molar-refractivity contribution in [2.24, 2.45) is 0 Å². The van der Waals surface area contributed by atoms with E-state index >= 15 is 0 Å². The largest absolute Gasteiger partial charge is 1.00 e. The van der Waals surface area contributed by atoms with Gasteiger partial charge >= 0.3 is 1.43 Å². The summed E-state index contributed by atoms with van der Waals surface area (Å²) in [6, 6.07) is 1.83. The summed E-state index contributed by atoms with van der Waals surface area (Å²) in [4.78, 5) is 0. The van der Waals surface area contributed by atoms with Crippen molar-refractivity contribution in [2.75, 3.05) is 0 Å². The Hall–Kier alpha value is -0.790. The second kappa shape index (κ2) is 0.885. The van der Waals surface area contributed by atoms with Crippen LogP contribution >= 0.6 is 0 Å². The molecule has 0 aromatic carbocycles. The van der Waals surface area contributed by atoms with Crippen molar-refractivity contribution in [3.8, 4) is 0 Å². The molecule has 0 radical (unpaired) electrons. The van der Waals surface area contributed by atoms with Crippen molar-refractivity contribution in [1.29, 1.82) is 0 Å². The van der Waals surface area contributed by atoms with Crippen molar-refractivity contribution in [3.63, 3.8) is 0 Å². The van der Waals surface area contributed by atoms with Crippen LogP contribution in [0.4, 0.5) is 0 Å². The molecule has 0 amide bonds. The van der Waals surface area contributed by atoms with E-state index in [0.717, 1.165) is 0 Å². The van der Waals surface area contributed by atoms with Crippen molar-refractivity contribution >= 4 is 0 Å². The highest BCUT2D eigenvalue weighted by molar-refractivity contribution is 4.72. The van der Waals surface area contributed by atoms with E-state index < -0.39 is 0 Å². The average molecular weight is 69.1 g/mol. The van der Waals surface area contributed by atoms with Crippen molar-refractivity contribution < 1.29 is 1.43 Å². The molecular formula is C3H5N2+. The molecule has 0 bridgehead atoms. The molecule has 0 spiro atoms. The molecule has 1 N–H and O–H groups in total. The van der Waals surface area contributed by atoms with Crippen molar-refractivity contribution in [1.82, 2.24) is 10.2 Å². The van der Waals surface area contributed by atoms with Gasteiger partial charge in [-0.3, -0.25) is 5.10 Å². The Balaban J connectivity index is 0.000000250. The van der Waals surface area contributed by atoms with Crippen LogP contribution in [0.25, 0.3) is 0 Å². The molecule has 26 valence electrons. The first kappa shape index (κ1) is 2.45. The lowest BCUT2D eigenvalue weighted by Crippen LogP contribution is -1.53. The molecule has 1 rings (SSSR count). The fraction of sp³-hybridized carbons (Fsp3) is 0. The third-order valence-electron chi connectivity index (χ3n) is 0.406. The predicted octanol–water partition coefficient (Wildman–Crippen LogP) is 0.522. The Morgan fingerprint density at radius 3 is 3.00 bits per heavy atom. The molecule has 1 aromatic rings. The minimum Gasteiger partial charge on any atom is -0.286 e. The summed E-state index contributed by atoms with van der Waals surface area (Å²) in [5.41, 5.74) is 0. The predicted molar refractivity (Wildman–Crippen MR) is 19.7 cm³/mol. The van der Waals surface area contributed by atoms with Crippen LogP contribution in [-0.4, -0.2) is 10.2 Å². The number of nitrogens with zero attached hydrogens (tertiary/aromatic N) is 1. The molecule has 0 saturated carbocycles. The Bertz CT molecular complexity index is 65.3. The van der Waals surface area contributed by atoms with Crippen LogP contribution in [0.3, 0.4) is 0 Å². The van der Waals surface area contributed by atoms with E-state index in [1.54, 1.807) is 12.4 Å². The first-order valence-electron chi connectivity index (χ1n) is 1.44. The van der Waals surface area contributed by atoms with Gasteiger partial charge in [0.05, 0.1) is 0 Å². The third kappa shape index (κ3) is 0.265. The zero-order valence-corrected chi connectivity index (χ0v) is 2.68. The molecule has 2 nitrogen and oxygen atoms in total. The van der Waals surface area contributed by atoms with Crippen LogP contribution in [0.5, 0.6) is 0 Å². The maximum atomic E-state index is 3.60. The van der Waals surface area contributed by atoms with Gasteiger partial charge in [-0.15, -0.1) is 0 Å². The monoisotopic (exact) mass is 69.0 g/mol. The van der Waals surface area contributed by atoms with E-state index in [1.165, 1.54) is 0 Å². The van der Waals surface area contributed by atoms with E-state index in [4.69, 9.17) is 0 Å². The van der Waals surface area contributed by atoms with E-state index in [2.05, 4.69) is 10.2 Å². The van der Waals surface area contributed by atoms with E-state index in [9.17, 15) is 0 Å². The van der Waals surface area contributed by atoms with Gasteiger partial charge in [-0.2, -0.15) is 5.10 Å². The van der Waals surface area contributed by atoms with Crippen LogP contribution < -0.4 is 0 Å². The van der Waals surface area contributed by atoms with E-state index in [0.29, 0.717) is 0 Å². The average Bonchev–Trinajstić information content (AvgIpc) is 1.76. The molecule has 0 aliphatic rings. The number of aromatic amines is 1. The summed E-state index contributed by atoms with van der Waals surface area (Å²) in [6.45, 7) is 0. The van der Waals surface area contributed by atoms with Gasteiger partial charge < -0.3 is 0 Å². The van der Waals surface area contributed by atoms with E-state index in [1.807, 2.05) is 6.07 Å². The number of hydrogen-bond acceptors (Lipinski definition) is 1. The van der Waals surface area contributed by atoms with Gasteiger partial charge in [0.15, 0.2) is 0 Å². The van der Waals surface area contributed by atoms with Gasteiger partial charge in [0.1, 0.15) is 0 Å². The van der Waals surface area contributed by atoms with Gasteiger partial charge in [-0.05, 0) is 6.07 Å². The lowest BCUT2D eigenvalue weighted by Gasteiger charge is -1.49. The fourth-order valence-electron chi connectivity index (χ4n) is 0.215. The minimum absolute atomic E-state index is 0. The number of aromatic nitrogens is 2. The zero-order valence-electron chi connectivity index (χ0n) is 3.68. The lowest BCUT2D eigenvalue weighted by atomic mass is 10.8. The maximum Gasteiger partial charge on any atom is 1.00 e.